The van der Waals surface area contributed by atoms with E-state index in [1.165, 1.54) is 36.3 Å². The van der Waals surface area contributed by atoms with Crippen LogP contribution in [0.1, 0.15) is 12.5 Å². The maximum absolute atomic E-state index is 12.0. The zero-order chi connectivity index (χ0) is 15.8. The van der Waals surface area contributed by atoms with E-state index in [4.69, 9.17) is 0 Å². The van der Waals surface area contributed by atoms with Crippen molar-refractivity contribution in [2.24, 2.45) is 0 Å². The van der Waals surface area contributed by atoms with Gasteiger partial charge in [0, 0.05) is 6.54 Å². The SMILES string of the molecule is CCN(CC(=O)OC)C(=O)Cc1ccc(OC(F)F)cc1. The second kappa shape index (κ2) is 8.18. The Morgan fingerprint density at radius 2 is 1.86 bits per heavy atom. The molecule has 0 atom stereocenters. The smallest absolute Gasteiger partial charge is 0.387 e. The number of alkyl halides is 2. The Morgan fingerprint density at radius 1 is 1.24 bits per heavy atom. The molecule has 1 aromatic carbocycles. The van der Waals surface area contributed by atoms with Crippen molar-refractivity contribution in [3.05, 3.63) is 29.8 Å². The summed E-state index contributed by atoms with van der Waals surface area (Å²) in [6.45, 7) is -0.868. The lowest BCUT2D eigenvalue weighted by Gasteiger charge is -2.19. The summed E-state index contributed by atoms with van der Waals surface area (Å²) in [5.74, 6) is -0.709. The van der Waals surface area contributed by atoms with Crippen LogP contribution in [0.2, 0.25) is 0 Å². The van der Waals surface area contributed by atoms with Gasteiger partial charge in [0.15, 0.2) is 0 Å². The van der Waals surface area contributed by atoms with Gasteiger partial charge in [-0.25, -0.2) is 0 Å². The van der Waals surface area contributed by atoms with Gasteiger partial charge in [-0.05, 0) is 24.6 Å². The van der Waals surface area contributed by atoms with Crippen LogP contribution in [-0.4, -0.2) is 43.6 Å². The minimum Gasteiger partial charge on any atom is -0.468 e. The van der Waals surface area contributed by atoms with Crippen molar-refractivity contribution in [1.29, 1.82) is 0 Å². The minimum absolute atomic E-state index is 0.0307. The predicted octanol–water partition coefficient (Wildman–Crippen LogP) is 1.85. The molecule has 0 spiro atoms. The van der Waals surface area contributed by atoms with Crippen molar-refractivity contribution >= 4 is 11.9 Å². The number of carbonyl (C=O) groups is 2. The molecule has 1 aromatic rings. The number of nitrogens with zero attached hydrogens (tertiary/aromatic N) is 1. The fourth-order valence-corrected chi connectivity index (χ4v) is 1.67. The molecule has 116 valence electrons. The van der Waals surface area contributed by atoms with E-state index >= 15 is 0 Å². The lowest BCUT2D eigenvalue weighted by molar-refractivity contribution is -0.146. The average Bonchev–Trinajstić information content (AvgIpc) is 2.45. The average molecular weight is 301 g/mol. The number of methoxy groups -OCH3 is 1. The molecule has 0 aliphatic carbocycles. The number of amides is 1. The van der Waals surface area contributed by atoms with Gasteiger partial charge in [0.25, 0.3) is 0 Å². The Labute approximate surface area is 121 Å². The van der Waals surface area contributed by atoms with Gasteiger partial charge in [0.1, 0.15) is 12.3 Å². The summed E-state index contributed by atoms with van der Waals surface area (Å²) in [5.41, 5.74) is 0.643. The fraction of sp³-hybridized carbons (Fsp3) is 0.429. The first-order valence-corrected chi connectivity index (χ1v) is 6.34. The summed E-state index contributed by atoms with van der Waals surface area (Å²) < 4.78 is 32.8. The third-order valence-electron chi connectivity index (χ3n) is 2.79. The maximum atomic E-state index is 12.0. The van der Waals surface area contributed by atoms with E-state index in [2.05, 4.69) is 9.47 Å². The number of halogens is 2. The second-order valence-corrected chi connectivity index (χ2v) is 4.18. The molecular formula is C14H17F2NO4. The molecule has 1 amide bonds. The summed E-state index contributed by atoms with van der Waals surface area (Å²) >= 11 is 0. The van der Waals surface area contributed by atoms with Gasteiger partial charge in [0.05, 0.1) is 13.5 Å². The van der Waals surface area contributed by atoms with Gasteiger partial charge >= 0.3 is 12.6 Å². The van der Waals surface area contributed by atoms with Crippen molar-refractivity contribution < 1.29 is 27.8 Å². The number of hydrogen-bond acceptors (Lipinski definition) is 4. The Hall–Kier alpha value is -2.18. The van der Waals surface area contributed by atoms with Crippen LogP contribution in [0.5, 0.6) is 5.75 Å². The summed E-state index contributed by atoms with van der Waals surface area (Å²) in [6, 6.07) is 5.79. The van der Waals surface area contributed by atoms with E-state index in [9.17, 15) is 18.4 Å². The van der Waals surface area contributed by atoms with E-state index in [0.717, 1.165) is 0 Å². The van der Waals surface area contributed by atoms with Crippen LogP contribution >= 0.6 is 0 Å². The molecule has 21 heavy (non-hydrogen) atoms. The van der Waals surface area contributed by atoms with Crippen LogP contribution in [-0.2, 0) is 20.7 Å². The van der Waals surface area contributed by atoms with Crippen LogP contribution in [0.4, 0.5) is 8.78 Å². The number of esters is 1. The normalized spacial score (nSPS) is 10.3. The molecule has 0 saturated heterocycles. The molecule has 0 aromatic heterocycles. The largest absolute Gasteiger partial charge is 0.468 e. The molecule has 0 radical (unpaired) electrons. The lowest BCUT2D eigenvalue weighted by Crippen LogP contribution is -2.36. The first-order chi connectivity index (χ1) is 9.96. The van der Waals surface area contributed by atoms with Crippen LogP contribution in [0.3, 0.4) is 0 Å². The van der Waals surface area contributed by atoms with E-state index in [0.29, 0.717) is 12.1 Å². The van der Waals surface area contributed by atoms with Crippen LogP contribution in [0.25, 0.3) is 0 Å². The number of likely N-dealkylation sites (N-methyl/N-ethyl adjacent to an activating group) is 1. The quantitative estimate of drug-likeness (QED) is 0.721. The Kier molecular flexibility index (Phi) is 6.58. The third-order valence-corrected chi connectivity index (χ3v) is 2.79. The summed E-state index contributed by atoms with van der Waals surface area (Å²) in [7, 11) is 1.25. The molecule has 0 N–H and O–H groups in total. The van der Waals surface area contributed by atoms with E-state index in [1.54, 1.807) is 6.92 Å². The van der Waals surface area contributed by atoms with E-state index < -0.39 is 12.6 Å². The first-order valence-electron chi connectivity index (χ1n) is 6.34. The van der Waals surface area contributed by atoms with Gasteiger partial charge in [-0.2, -0.15) is 8.78 Å². The highest BCUT2D eigenvalue weighted by Gasteiger charge is 2.16. The highest BCUT2D eigenvalue weighted by molar-refractivity contribution is 5.83. The Morgan fingerprint density at radius 3 is 2.33 bits per heavy atom. The maximum Gasteiger partial charge on any atom is 0.387 e. The zero-order valence-electron chi connectivity index (χ0n) is 11.8. The zero-order valence-corrected chi connectivity index (χ0v) is 11.8. The van der Waals surface area contributed by atoms with Crippen molar-refractivity contribution in [2.45, 2.75) is 20.0 Å². The van der Waals surface area contributed by atoms with Crippen LogP contribution in [0.15, 0.2) is 24.3 Å². The molecular weight excluding hydrogens is 284 g/mol. The summed E-state index contributed by atoms with van der Waals surface area (Å²) in [6.07, 6.45) is 0.0692. The number of hydrogen-bond donors (Lipinski definition) is 0. The lowest BCUT2D eigenvalue weighted by atomic mass is 10.1. The topological polar surface area (TPSA) is 55.8 Å². The number of benzene rings is 1. The van der Waals surface area contributed by atoms with Gasteiger partial charge in [0.2, 0.25) is 5.91 Å². The van der Waals surface area contributed by atoms with Crippen molar-refractivity contribution in [2.75, 3.05) is 20.2 Å². The molecule has 7 heteroatoms. The van der Waals surface area contributed by atoms with Crippen LogP contribution < -0.4 is 4.74 Å². The Bertz CT molecular complexity index is 476. The highest BCUT2D eigenvalue weighted by atomic mass is 19.3. The molecule has 0 bridgehead atoms. The fourth-order valence-electron chi connectivity index (χ4n) is 1.67. The van der Waals surface area contributed by atoms with Crippen molar-refractivity contribution in [3.8, 4) is 5.75 Å². The molecule has 0 saturated carbocycles. The molecule has 0 fully saturated rings. The number of ether oxygens (including phenoxy) is 2. The predicted molar refractivity (Wildman–Crippen MR) is 71.0 cm³/mol. The van der Waals surface area contributed by atoms with E-state index in [1.807, 2.05) is 0 Å². The second-order valence-electron chi connectivity index (χ2n) is 4.18. The molecule has 0 unspecified atom stereocenters. The summed E-state index contributed by atoms with van der Waals surface area (Å²) in [4.78, 5) is 24.6. The van der Waals surface area contributed by atoms with Crippen molar-refractivity contribution in [1.82, 2.24) is 4.90 Å². The van der Waals surface area contributed by atoms with Gasteiger partial charge in [-0.1, -0.05) is 12.1 Å². The summed E-state index contributed by atoms with van der Waals surface area (Å²) in [5, 5.41) is 0. The molecule has 1 rings (SSSR count). The van der Waals surface area contributed by atoms with Crippen LogP contribution in [0, 0.1) is 0 Å². The minimum atomic E-state index is -2.88. The molecule has 0 aliphatic rings. The molecule has 0 aliphatic heterocycles. The van der Waals surface area contributed by atoms with Crippen molar-refractivity contribution in [3.63, 3.8) is 0 Å². The monoisotopic (exact) mass is 301 g/mol. The first kappa shape index (κ1) is 16.9. The van der Waals surface area contributed by atoms with E-state index in [-0.39, 0.29) is 24.6 Å². The third kappa shape index (κ3) is 5.76. The molecule has 5 nitrogen and oxygen atoms in total. The number of rotatable bonds is 7. The van der Waals surface area contributed by atoms with Gasteiger partial charge in [-0.15, -0.1) is 0 Å². The molecule has 0 heterocycles. The number of carbonyl (C=O) groups excluding carboxylic acids is 2. The Balaban J connectivity index is 2.62. The standard InChI is InChI=1S/C14H17F2NO4/c1-3-17(9-13(19)20-2)12(18)8-10-4-6-11(7-5-10)21-14(15)16/h4-7,14H,3,8-9H2,1-2H3. The van der Waals surface area contributed by atoms with Gasteiger partial charge < -0.3 is 14.4 Å². The highest BCUT2D eigenvalue weighted by Crippen LogP contribution is 2.15. The van der Waals surface area contributed by atoms with Gasteiger partial charge in [-0.3, -0.25) is 9.59 Å².